The van der Waals surface area contributed by atoms with Crippen LogP contribution in [0.2, 0.25) is 0 Å². The van der Waals surface area contributed by atoms with E-state index in [1.807, 2.05) is 0 Å². The number of nitrogens with zero attached hydrogens (tertiary/aromatic N) is 2. The van der Waals surface area contributed by atoms with Gasteiger partial charge in [0.05, 0.1) is 24.2 Å². The number of carbonyl (C=O) groups excluding carboxylic acids is 1. The fraction of sp³-hybridized carbons (Fsp3) is 0.467. The molecule has 0 aliphatic rings. The average Bonchev–Trinajstić information content (AvgIpc) is 2.57. The molecule has 0 saturated heterocycles. The van der Waals surface area contributed by atoms with Crippen LogP contribution < -0.4 is 10.2 Å². The third kappa shape index (κ3) is 6.21. The summed E-state index contributed by atoms with van der Waals surface area (Å²) < 4.78 is 15.1. The monoisotopic (exact) mass is 339 g/mol. The average molecular weight is 339 g/mol. The highest BCUT2D eigenvalue weighted by molar-refractivity contribution is 6.35. The summed E-state index contributed by atoms with van der Waals surface area (Å²) in [5.41, 5.74) is 2.51. The second kappa shape index (κ2) is 10.2. The van der Waals surface area contributed by atoms with Crippen LogP contribution in [0.25, 0.3) is 0 Å². The molecule has 0 aliphatic heterocycles. The van der Waals surface area contributed by atoms with Gasteiger partial charge in [-0.2, -0.15) is 5.10 Å². The summed E-state index contributed by atoms with van der Waals surface area (Å²) in [6.07, 6.45) is 0.674. The molecule has 0 saturated carbocycles. The Labute approximate surface area is 139 Å². The van der Waals surface area contributed by atoms with Crippen LogP contribution in [0.15, 0.2) is 23.3 Å². The molecule has 1 aromatic rings. The fourth-order valence-corrected chi connectivity index (χ4v) is 1.67. The van der Waals surface area contributed by atoms with Gasteiger partial charge in [0, 0.05) is 20.1 Å². The van der Waals surface area contributed by atoms with Crippen molar-refractivity contribution in [1.29, 1.82) is 0 Å². The molecule has 24 heavy (non-hydrogen) atoms. The van der Waals surface area contributed by atoms with Gasteiger partial charge < -0.3 is 14.2 Å². The van der Waals surface area contributed by atoms with Crippen LogP contribution in [0.4, 0.5) is 11.4 Å². The predicted molar refractivity (Wildman–Crippen MR) is 88.4 cm³/mol. The van der Waals surface area contributed by atoms with Gasteiger partial charge in [-0.25, -0.2) is 4.79 Å². The number of carbonyl (C=O) groups is 1. The summed E-state index contributed by atoms with van der Waals surface area (Å²) in [5.74, 6) is -0.222. The molecule has 1 aromatic carbocycles. The Bertz CT molecular complexity index is 603. The van der Waals surface area contributed by atoms with E-state index in [4.69, 9.17) is 14.2 Å². The van der Waals surface area contributed by atoms with E-state index in [9.17, 15) is 14.9 Å². The van der Waals surface area contributed by atoms with Gasteiger partial charge in [0.15, 0.2) is 0 Å². The van der Waals surface area contributed by atoms with Crippen molar-refractivity contribution in [3.8, 4) is 5.75 Å². The Hall–Kier alpha value is -2.68. The van der Waals surface area contributed by atoms with Gasteiger partial charge in [0.1, 0.15) is 17.1 Å². The second-order valence-corrected chi connectivity index (χ2v) is 4.66. The van der Waals surface area contributed by atoms with Crippen LogP contribution in [0.5, 0.6) is 5.75 Å². The molecular weight excluding hydrogens is 318 g/mol. The minimum atomic E-state index is -0.592. The number of benzene rings is 1. The van der Waals surface area contributed by atoms with Crippen molar-refractivity contribution < 1.29 is 23.9 Å². The molecule has 0 fully saturated rings. The van der Waals surface area contributed by atoms with Crippen LogP contribution >= 0.6 is 0 Å². The molecule has 132 valence electrons. The van der Waals surface area contributed by atoms with Crippen molar-refractivity contribution in [2.24, 2.45) is 5.10 Å². The van der Waals surface area contributed by atoms with E-state index >= 15 is 0 Å². The van der Waals surface area contributed by atoms with Gasteiger partial charge in [-0.1, -0.05) is 0 Å². The molecule has 0 aromatic heterocycles. The first-order chi connectivity index (χ1) is 11.5. The van der Waals surface area contributed by atoms with Crippen LogP contribution in [-0.2, 0) is 14.3 Å². The Balaban J connectivity index is 2.82. The van der Waals surface area contributed by atoms with Crippen LogP contribution in [0, 0.1) is 10.1 Å². The van der Waals surface area contributed by atoms with E-state index in [1.165, 1.54) is 19.1 Å². The Kier molecular flexibility index (Phi) is 8.20. The summed E-state index contributed by atoms with van der Waals surface area (Å²) in [6.45, 7) is 4.28. The van der Waals surface area contributed by atoms with Crippen LogP contribution in [0.1, 0.15) is 20.3 Å². The highest BCUT2D eigenvalue weighted by atomic mass is 16.6. The Morgan fingerprint density at radius 2 is 2.12 bits per heavy atom. The highest BCUT2D eigenvalue weighted by Gasteiger charge is 2.16. The van der Waals surface area contributed by atoms with Gasteiger partial charge >= 0.3 is 5.97 Å². The minimum Gasteiger partial charge on any atom is -0.493 e. The lowest BCUT2D eigenvalue weighted by atomic mass is 10.2. The SMILES string of the molecule is CCOC(=O)C(C)=NNc1ccc(OCCCOC)cc1[N+](=O)[O-]. The molecule has 9 heteroatoms. The van der Waals surface area contributed by atoms with E-state index < -0.39 is 10.9 Å². The lowest BCUT2D eigenvalue weighted by Gasteiger charge is -2.08. The largest absolute Gasteiger partial charge is 0.493 e. The topological polar surface area (TPSA) is 112 Å². The number of anilines is 1. The molecule has 0 spiro atoms. The van der Waals surface area contributed by atoms with E-state index in [2.05, 4.69) is 10.5 Å². The first-order valence-corrected chi connectivity index (χ1v) is 7.37. The summed E-state index contributed by atoms with van der Waals surface area (Å²) in [7, 11) is 1.59. The van der Waals surface area contributed by atoms with E-state index in [-0.39, 0.29) is 23.7 Å². The number of rotatable bonds is 10. The molecule has 1 rings (SSSR count). The quantitative estimate of drug-likeness (QED) is 0.229. The molecule has 0 heterocycles. The fourth-order valence-electron chi connectivity index (χ4n) is 1.67. The molecule has 1 N–H and O–H groups in total. The zero-order valence-electron chi connectivity index (χ0n) is 13.9. The zero-order chi connectivity index (χ0) is 17.9. The maximum atomic E-state index is 11.5. The van der Waals surface area contributed by atoms with Crippen molar-refractivity contribution in [1.82, 2.24) is 0 Å². The molecule has 0 aliphatic carbocycles. The highest BCUT2D eigenvalue weighted by Crippen LogP contribution is 2.29. The van der Waals surface area contributed by atoms with Gasteiger partial charge in [-0.15, -0.1) is 0 Å². The van der Waals surface area contributed by atoms with Crippen molar-refractivity contribution in [2.75, 3.05) is 32.4 Å². The third-order valence-electron chi connectivity index (χ3n) is 2.84. The van der Waals surface area contributed by atoms with Gasteiger partial charge in [0.25, 0.3) is 5.69 Å². The molecule has 0 amide bonds. The Morgan fingerprint density at radius 3 is 2.75 bits per heavy atom. The van der Waals surface area contributed by atoms with Crippen molar-refractivity contribution in [3.05, 3.63) is 28.3 Å². The number of hydrogen-bond donors (Lipinski definition) is 1. The number of ether oxygens (including phenoxy) is 3. The number of nitro groups is 1. The molecule has 0 unspecified atom stereocenters. The Morgan fingerprint density at radius 1 is 1.38 bits per heavy atom. The number of nitrogens with one attached hydrogen (secondary N) is 1. The molecule has 0 bridgehead atoms. The first-order valence-electron chi connectivity index (χ1n) is 7.37. The maximum Gasteiger partial charge on any atom is 0.354 e. The smallest absolute Gasteiger partial charge is 0.354 e. The molecule has 0 atom stereocenters. The number of nitro benzene ring substituents is 1. The van der Waals surface area contributed by atoms with E-state index in [1.54, 1.807) is 20.1 Å². The van der Waals surface area contributed by atoms with E-state index in [0.29, 0.717) is 25.4 Å². The minimum absolute atomic E-state index is 0.0611. The number of esters is 1. The summed E-state index contributed by atoms with van der Waals surface area (Å²) in [5, 5.41) is 15.0. The lowest BCUT2D eigenvalue weighted by Crippen LogP contribution is -2.15. The third-order valence-corrected chi connectivity index (χ3v) is 2.84. The summed E-state index contributed by atoms with van der Waals surface area (Å²) in [4.78, 5) is 22.1. The lowest BCUT2D eigenvalue weighted by molar-refractivity contribution is -0.384. The van der Waals surface area contributed by atoms with E-state index in [0.717, 1.165) is 0 Å². The standard InChI is InChI=1S/C15H21N3O6/c1-4-23-15(19)11(2)16-17-13-7-6-12(10-14(13)18(20)21)24-9-5-8-22-3/h6-7,10,17H,4-5,8-9H2,1-3H3. The van der Waals surface area contributed by atoms with Gasteiger partial charge in [-0.05, 0) is 26.0 Å². The summed E-state index contributed by atoms with van der Waals surface area (Å²) in [6, 6.07) is 4.34. The zero-order valence-corrected chi connectivity index (χ0v) is 13.9. The second-order valence-electron chi connectivity index (χ2n) is 4.66. The number of methoxy groups -OCH3 is 1. The first kappa shape index (κ1) is 19.4. The van der Waals surface area contributed by atoms with Crippen LogP contribution in [-0.4, -0.2) is 43.5 Å². The number of hydrazone groups is 1. The molecule has 9 nitrogen and oxygen atoms in total. The molecular formula is C15H21N3O6. The van der Waals surface area contributed by atoms with Crippen molar-refractivity contribution in [2.45, 2.75) is 20.3 Å². The van der Waals surface area contributed by atoms with Crippen molar-refractivity contribution >= 4 is 23.1 Å². The number of hydrogen-bond acceptors (Lipinski definition) is 8. The summed E-state index contributed by atoms with van der Waals surface area (Å²) >= 11 is 0. The van der Waals surface area contributed by atoms with Crippen molar-refractivity contribution in [3.63, 3.8) is 0 Å². The van der Waals surface area contributed by atoms with Crippen LogP contribution in [0.3, 0.4) is 0 Å². The van der Waals surface area contributed by atoms with Gasteiger partial charge in [0.2, 0.25) is 0 Å². The van der Waals surface area contributed by atoms with Gasteiger partial charge in [-0.3, -0.25) is 15.5 Å². The predicted octanol–water partition coefficient (Wildman–Crippen LogP) is 2.36. The normalized spacial score (nSPS) is 11.0. The molecule has 0 radical (unpaired) electrons. The maximum absolute atomic E-state index is 11.5.